The summed E-state index contributed by atoms with van der Waals surface area (Å²) in [7, 11) is 0. The summed E-state index contributed by atoms with van der Waals surface area (Å²) in [6.45, 7) is 9.98. The number of piperazine rings is 1. The van der Waals surface area contributed by atoms with Gasteiger partial charge in [0.05, 0.1) is 22.2 Å². The van der Waals surface area contributed by atoms with Gasteiger partial charge in [-0.3, -0.25) is 19.3 Å². The number of nitrogens with zero attached hydrogens (tertiary/aromatic N) is 2. The number of piperidine rings is 2. The molecule has 2 N–H and O–H groups in total. The van der Waals surface area contributed by atoms with Crippen LogP contribution in [0.4, 0.5) is 5.69 Å². The van der Waals surface area contributed by atoms with Crippen LogP contribution in [0.3, 0.4) is 0 Å². The van der Waals surface area contributed by atoms with Crippen molar-refractivity contribution in [3.8, 4) is 5.75 Å². The first-order chi connectivity index (χ1) is 15.4. The Morgan fingerprint density at radius 1 is 1.12 bits per heavy atom. The van der Waals surface area contributed by atoms with E-state index in [2.05, 4.69) is 24.1 Å². The summed E-state index contributed by atoms with van der Waals surface area (Å²) in [5.74, 6) is 0.139. The number of amides is 2. The van der Waals surface area contributed by atoms with Crippen LogP contribution in [0, 0.1) is 11.3 Å². The van der Waals surface area contributed by atoms with Gasteiger partial charge in [0.25, 0.3) is 0 Å². The summed E-state index contributed by atoms with van der Waals surface area (Å²) in [4.78, 5) is 45.3. The van der Waals surface area contributed by atoms with Crippen LogP contribution in [0.15, 0.2) is 12.1 Å². The summed E-state index contributed by atoms with van der Waals surface area (Å²) in [6.07, 6.45) is 3.42. The van der Waals surface area contributed by atoms with Crippen LogP contribution < -0.4 is 10.2 Å². The first-order valence-corrected chi connectivity index (χ1v) is 12.2. The van der Waals surface area contributed by atoms with Gasteiger partial charge >= 0.3 is 0 Å². The highest BCUT2D eigenvalue weighted by atomic mass is 16.3. The molecule has 2 bridgehead atoms. The lowest BCUT2D eigenvalue weighted by atomic mass is 9.57. The number of rotatable bonds is 0. The molecule has 174 valence electrons. The van der Waals surface area contributed by atoms with Crippen molar-refractivity contribution in [2.75, 3.05) is 18.0 Å². The molecule has 8 rings (SSSR count). The minimum absolute atomic E-state index is 0.0194. The van der Waals surface area contributed by atoms with Gasteiger partial charge in [-0.2, -0.15) is 0 Å². The second kappa shape index (κ2) is 5.29. The zero-order valence-electron chi connectivity index (χ0n) is 19.7. The van der Waals surface area contributed by atoms with Crippen LogP contribution in [-0.4, -0.2) is 57.3 Å². The van der Waals surface area contributed by atoms with E-state index in [-0.39, 0.29) is 41.2 Å². The number of phenolic OH excluding ortho intramolecular Hbond substituents is 1. The van der Waals surface area contributed by atoms with Crippen molar-refractivity contribution in [3.63, 3.8) is 0 Å². The highest BCUT2D eigenvalue weighted by Crippen LogP contribution is 2.71. The van der Waals surface area contributed by atoms with Crippen molar-refractivity contribution in [1.82, 2.24) is 10.2 Å². The van der Waals surface area contributed by atoms with Crippen molar-refractivity contribution in [1.29, 1.82) is 0 Å². The maximum absolute atomic E-state index is 14.6. The molecule has 1 aromatic carbocycles. The van der Waals surface area contributed by atoms with Gasteiger partial charge in [-0.25, -0.2) is 0 Å². The number of hydrogen-bond acceptors (Lipinski definition) is 5. The fourth-order valence-electron chi connectivity index (χ4n) is 9.14. The summed E-state index contributed by atoms with van der Waals surface area (Å²) in [6, 6.07) is 3.45. The highest BCUT2D eigenvalue weighted by molar-refractivity contribution is 6.19. The number of hydrogen-bond donors (Lipinski definition) is 2. The van der Waals surface area contributed by atoms with E-state index in [1.54, 1.807) is 6.07 Å². The van der Waals surface area contributed by atoms with E-state index in [0.717, 1.165) is 37.9 Å². The molecule has 7 heteroatoms. The molecule has 1 saturated carbocycles. The Hall–Kier alpha value is -2.41. The third-order valence-electron chi connectivity index (χ3n) is 10.5. The molecular formula is C26H31N3O4. The molecule has 0 radical (unpaired) electrons. The molecule has 3 spiro atoms. The van der Waals surface area contributed by atoms with Gasteiger partial charge in [0.2, 0.25) is 11.8 Å². The SMILES string of the molecule is CC1(C)CC(=O)c2c(O)ccc3c2N1C(=O)[C@@]31C[C@@]23CN4CCC[C@]4(C[C@@H]2C1(C)C)C(=O)N3. The first kappa shape index (κ1) is 20.0. The number of benzene rings is 1. The number of carbonyl (C=O) groups excluding carboxylic acids is 3. The minimum atomic E-state index is -0.851. The first-order valence-electron chi connectivity index (χ1n) is 12.2. The molecule has 7 nitrogen and oxygen atoms in total. The van der Waals surface area contributed by atoms with Crippen molar-refractivity contribution >= 4 is 23.3 Å². The average molecular weight is 450 g/mol. The molecule has 1 aromatic rings. The predicted molar refractivity (Wildman–Crippen MR) is 121 cm³/mol. The van der Waals surface area contributed by atoms with Crippen LogP contribution >= 0.6 is 0 Å². The van der Waals surface area contributed by atoms with E-state index < -0.39 is 27.4 Å². The fourth-order valence-corrected chi connectivity index (χ4v) is 9.14. The van der Waals surface area contributed by atoms with Gasteiger partial charge in [0.1, 0.15) is 11.3 Å². The van der Waals surface area contributed by atoms with E-state index in [0.29, 0.717) is 12.1 Å². The van der Waals surface area contributed by atoms with Gasteiger partial charge in [-0.15, -0.1) is 0 Å². The van der Waals surface area contributed by atoms with Crippen LogP contribution in [0.25, 0.3) is 0 Å². The predicted octanol–water partition coefficient (Wildman–Crippen LogP) is 2.49. The van der Waals surface area contributed by atoms with Crippen LogP contribution in [0.1, 0.15) is 75.7 Å². The topological polar surface area (TPSA) is 90.0 Å². The van der Waals surface area contributed by atoms with Crippen molar-refractivity contribution in [2.45, 2.75) is 81.8 Å². The van der Waals surface area contributed by atoms with E-state index >= 15 is 0 Å². The third-order valence-corrected chi connectivity index (χ3v) is 10.5. The number of nitrogens with one attached hydrogen (secondary N) is 1. The molecule has 4 atom stereocenters. The Balaban J connectivity index is 1.49. The fraction of sp³-hybridized carbons (Fsp3) is 0.654. The molecule has 2 amide bonds. The van der Waals surface area contributed by atoms with E-state index in [1.807, 2.05) is 24.8 Å². The highest BCUT2D eigenvalue weighted by Gasteiger charge is 2.79. The monoisotopic (exact) mass is 449 g/mol. The van der Waals surface area contributed by atoms with Crippen LogP contribution in [0.5, 0.6) is 5.75 Å². The summed E-state index contributed by atoms with van der Waals surface area (Å²) in [5, 5.41) is 14.1. The zero-order chi connectivity index (χ0) is 23.3. The van der Waals surface area contributed by atoms with Crippen LogP contribution in [-0.2, 0) is 15.0 Å². The minimum Gasteiger partial charge on any atom is -0.507 e. The Morgan fingerprint density at radius 2 is 1.88 bits per heavy atom. The molecule has 33 heavy (non-hydrogen) atoms. The standard InChI is InChI=1S/C26H31N3O4/c1-22(2)10-16(31)18-15(30)7-6-14-19(18)29(22)21(33)26(14)12-24-13-28-9-5-8-25(28,20(32)27-24)11-17(24)23(26,3)4/h6-7,17,30H,5,8-13H2,1-4H3,(H,27,32)/t17-,24-,25+,26-/m1/s1. The second-order valence-electron chi connectivity index (χ2n) is 12.6. The number of fused-ring (bicyclic) bond motifs is 2. The molecule has 0 unspecified atom stereocenters. The number of phenols is 1. The van der Waals surface area contributed by atoms with Crippen molar-refractivity contribution < 1.29 is 19.5 Å². The average Bonchev–Trinajstić information content (AvgIpc) is 3.30. The number of anilines is 1. The van der Waals surface area contributed by atoms with Crippen molar-refractivity contribution in [2.24, 2.45) is 11.3 Å². The Morgan fingerprint density at radius 3 is 2.64 bits per heavy atom. The Kier molecular flexibility index (Phi) is 3.21. The van der Waals surface area contributed by atoms with Gasteiger partial charge in [-0.05, 0) is 69.0 Å². The number of aromatic hydroxyl groups is 1. The maximum Gasteiger partial charge on any atom is 0.241 e. The summed E-state index contributed by atoms with van der Waals surface area (Å²) < 4.78 is 0. The Labute approximate surface area is 193 Å². The number of Topliss-reactive ketones (excluding diaryl/α,β-unsaturated/α-hetero) is 1. The molecule has 4 saturated heterocycles. The lowest BCUT2D eigenvalue weighted by Gasteiger charge is -2.60. The molecule has 5 fully saturated rings. The van der Waals surface area contributed by atoms with Gasteiger partial charge in [-0.1, -0.05) is 19.9 Å². The lowest BCUT2D eigenvalue weighted by Crippen LogP contribution is -2.78. The summed E-state index contributed by atoms with van der Waals surface area (Å²) >= 11 is 0. The molecule has 6 aliphatic heterocycles. The maximum atomic E-state index is 14.6. The molecule has 1 aliphatic carbocycles. The normalized spacial score (nSPS) is 41.4. The lowest BCUT2D eigenvalue weighted by molar-refractivity contribution is -0.156. The van der Waals surface area contributed by atoms with Crippen LogP contribution in [0.2, 0.25) is 0 Å². The molecule has 0 aromatic heterocycles. The second-order valence-corrected chi connectivity index (χ2v) is 12.6. The van der Waals surface area contributed by atoms with E-state index in [9.17, 15) is 19.5 Å². The smallest absolute Gasteiger partial charge is 0.241 e. The molecular weight excluding hydrogens is 418 g/mol. The Bertz CT molecular complexity index is 1200. The summed E-state index contributed by atoms with van der Waals surface area (Å²) in [5.41, 5.74) is -1.12. The van der Waals surface area contributed by atoms with E-state index in [1.165, 1.54) is 0 Å². The van der Waals surface area contributed by atoms with E-state index in [4.69, 9.17) is 0 Å². The van der Waals surface area contributed by atoms with Gasteiger partial charge in [0, 0.05) is 18.5 Å². The largest absolute Gasteiger partial charge is 0.507 e. The van der Waals surface area contributed by atoms with Gasteiger partial charge < -0.3 is 15.3 Å². The van der Waals surface area contributed by atoms with Crippen molar-refractivity contribution in [3.05, 3.63) is 23.3 Å². The third kappa shape index (κ3) is 1.84. The number of carbonyl (C=O) groups is 3. The zero-order valence-corrected chi connectivity index (χ0v) is 19.7. The quantitative estimate of drug-likeness (QED) is 0.635. The number of ketones is 1. The molecule has 6 heterocycles. The molecule has 7 aliphatic rings. The van der Waals surface area contributed by atoms with Gasteiger partial charge in [0.15, 0.2) is 5.78 Å².